The minimum atomic E-state index is -0.191. The fraction of sp³-hybridized carbons (Fsp3) is 0.133. The summed E-state index contributed by atoms with van der Waals surface area (Å²) in [5, 5.41) is 2.79. The molecule has 1 amide bonds. The zero-order valence-corrected chi connectivity index (χ0v) is 10.9. The number of amides is 1. The summed E-state index contributed by atoms with van der Waals surface area (Å²) in [6.45, 7) is 1.97. The molecular formula is C15H16N2O2. The van der Waals surface area contributed by atoms with Crippen molar-refractivity contribution in [2.24, 2.45) is 0 Å². The molecule has 0 atom stereocenters. The van der Waals surface area contributed by atoms with Crippen molar-refractivity contribution in [1.29, 1.82) is 0 Å². The van der Waals surface area contributed by atoms with Gasteiger partial charge in [-0.2, -0.15) is 0 Å². The highest BCUT2D eigenvalue weighted by molar-refractivity contribution is 6.05. The van der Waals surface area contributed by atoms with Crippen LogP contribution in [0.25, 0.3) is 0 Å². The largest absolute Gasteiger partial charge is 0.495 e. The third-order valence-corrected chi connectivity index (χ3v) is 2.79. The minimum Gasteiger partial charge on any atom is -0.495 e. The number of hydrogen-bond donors (Lipinski definition) is 2. The summed E-state index contributed by atoms with van der Waals surface area (Å²) in [6.07, 6.45) is 0. The molecule has 0 heterocycles. The van der Waals surface area contributed by atoms with Crippen molar-refractivity contribution < 1.29 is 9.53 Å². The molecular weight excluding hydrogens is 240 g/mol. The van der Waals surface area contributed by atoms with E-state index in [1.165, 1.54) is 0 Å². The summed E-state index contributed by atoms with van der Waals surface area (Å²) in [7, 11) is 1.55. The number of anilines is 2. The fourth-order valence-electron chi connectivity index (χ4n) is 1.72. The van der Waals surface area contributed by atoms with Gasteiger partial charge in [-0.3, -0.25) is 4.79 Å². The van der Waals surface area contributed by atoms with E-state index >= 15 is 0 Å². The number of nitrogens with one attached hydrogen (secondary N) is 1. The maximum absolute atomic E-state index is 12.1. The van der Waals surface area contributed by atoms with Crippen LogP contribution in [0.5, 0.6) is 5.75 Å². The maximum Gasteiger partial charge on any atom is 0.255 e. The Kier molecular flexibility index (Phi) is 3.71. The molecule has 0 aliphatic carbocycles. The van der Waals surface area contributed by atoms with E-state index in [1.807, 2.05) is 19.1 Å². The Hall–Kier alpha value is -2.49. The van der Waals surface area contributed by atoms with Crippen molar-refractivity contribution in [1.82, 2.24) is 0 Å². The number of aryl methyl sites for hydroxylation is 1. The second-order valence-electron chi connectivity index (χ2n) is 4.28. The van der Waals surface area contributed by atoms with Gasteiger partial charge < -0.3 is 15.8 Å². The van der Waals surface area contributed by atoms with Gasteiger partial charge in [0.25, 0.3) is 5.91 Å². The van der Waals surface area contributed by atoms with Crippen LogP contribution < -0.4 is 15.8 Å². The Morgan fingerprint density at radius 1 is 1.16 bits per heavy atom. The fourth-order valence-corrected chi connectivity index (χ4v) is 1.72. The lowest BCUT2D eigenvalue weighted by atomic mass is 10.1. The van der Waals surface area contributed by atoms with Crippen LogP contribution in [-0.2, 0) is 0 Å². The quantitative estimate of drug-likeness (QED) is 0.830. The lowest BCUT2D eigenvalue weighted by Crippen LogP contribution is -2.12. The summed E-state index contributed by atoms with van der Waals surface area (Å²) in [6, 6.07) is 12.5. The van der Waals surface area contributed by atoms with Gasteiger partial charge in [-0.05, 0) is 37.3 Å². The number of rotatable bonds is 3. The van der Waals surface area contributed by atoms with Gasteiger partial charge in [0, 0.05) is 11.3 Å². The Morgan fingerprint density at radius 2 is 1.84 bits per heavy atom. The summed E-state index contributed by atoms with van der Waals surface area (Å²) >= 11 is 0. The third-order valence-electron chi connectivity index (χ3n) is 2.79. The molecule has 0 bridgehead atoms. The van der Waals surface area contributed by atoms with E-state index in [9.17, 15) is 4.79 Å². The normalized spacial score (nSPS) is 10.0. The predicted octanol–water partition coefficient (Wildman–Crippen LogP) is 2.84. The number of benzene rings is 2. The molecule has 0 aromatic heterocycles. The molecule has 3 N–H and O–H groups in total. The summed E-state index contributed by atoms with van der Waals surface area (Å²) in [5.41, 5.74) is 8.54. The van der Waals surface area contributed by atoms with E-state index in [-0.39, 0.29) is 5.91 Å². The van der Waals surface area contributed by atoms with Crippen molar-refractivity contribution in [2.75, 3.05) is 18.2 Å². The van der Waals surface area contributed by atoms with Gasteiger partial charge in [0.1, 0.15) is 5.75 Å². The molecule has 0 unspecified atom stereocenters. The predicted molar refractivity (Wildman–Crippen MR) is 76.5 cm³/mol. The summed E-state index contributed by atoms with van der Waals surface area (Å²) in [4.78, 5) is 12.1. The van der Waals surface area contributed by atoms with Crippen LogP contribution in [0.4, 0.5) is 11.4 Å². The number of carbonyl (C=O) groups is 1. The number of carbonyl (C=O) groups excluding carboxylic acids is 1. The average molecular weight is 256 g/mol. The average Bonchev–Trinajstić information content (AvgIpc) is 2.39. The number of nitrogen functional groups attached to an aromatic ring is 1. The first-order valence-corrected chi connectivity index (χ1v) is 5.91. The van der Waals surface area contributed by atoms with Crippen LogP contribution in [-0.4, -0.2) is 13.0 Å². The Morgan fingerprint density at radius 3 is 2.47 bits per heavy atom. The molecule has 2 aromatic rings. The molecule has 0 saturated heterocycles. The second kappa shape index (κ2) is 5.44. The Labute approximate surface area is 112 Å². The number of hydrogen-bond acceptors (Lipinski definition) is 3. The molecule has 0 aliphatic heterocycles. The van der Waals surface area contributed by atoms with Crippen LogP contribution in [0.2, 0.25) is 0 Å². The van der Waals surface area contributed by atoms with Gasteiger partial charge in [-0.25, -0.2) is 0 Å². The molecule has 2 aromatic carbocycles. The van der Waals surface area contributed by atoms with Crippen molar-refractivity contribution >= 4 is 17.3 Å². The van der Waals surface area contributed by atoms with E-state index in [0.29, 0.717) is 22.7 Å². The lowest BCUT2D eigenvalue weighted by Gasteiger charge is -2.11. The molecule has 0 radical (unpaired) electrons. The van der Waals surface area contributed by atoms with Gasteiger partial charge in [-0.15, -0.1) is 0 Å². The molecule has 0 aliphatic rings. The summed E-state index contributed by atoms with van der Waals surface area (Å²) in [5.74, 6) is 0.388. The van der Waals surface area contributed by atoms with Crippen molar-refractivity contribution in [3.8, 4) is 5.75 Å². The van der Waals surface area contributed by atoms with Crippen LogP contribution >= 0.6 is 0 Å². The first-order valence-electron chi connectivity index (χ1n) is 5.91. The third kappa shape index (κ3) is 3.04. The maximum atomic E-state index is 12.1. The van der Waals surface area contributed by atoms with Crippen molar-refractivity contribution in [2.45, 2.75) is 6.92 Å². The second-order valence-corrected chi connectivity index (χ2v) is 4.28. The highest BCUT2D eigenvalue weighted by Crippen LogP contribution is 2.26. The highest BCUT2D eigenvalue weighted by atomic mass is 16.5. The van der Waals surface area contributed by atoms with E-state index < -0.39 is 0 Å². The molecule has 0 saturated carbocycles. The molecule has 98 valence electrons. The summed E-state index contributed by atoms with van der Waals surface area (Å²) < 4.78 is 5.19. The highest BCUT2D eigenvalue weighted by Gasteiger charge is 2.09. The topological polar surface area (TPSA) is 64.3 Å². The molecule has 0 fully saturated rings. The minimum absolute atomic E-state index is 0.191. The first kappa shape index (κ1) is 13.0. The molecule has 19 heavy (non-hydrogen) atoms. The van der Waals surface area contributed by atoms with Crippen LogP contribution in [0.1, 0.15) is 15.9 Å². The Balaban J connectivity index is 2.23. The zero-order valence-electron chi connectivity index (χ0n) is 10.9. The van der Waals surface area contributed by atoms with Crippen LogP contribution in [0, 0.1) is 6.92 Å². The monoisotopic (exact) mass is 256 g/mol. The van der Waals surface area contributed by atoms with E-state index in [0.717, 1.165) is 5.56 Å². The molecule has 0 spiro atoms. The van der Waals surface area contributed by atoms with E-state index in [2.05, 4.69) is 5.32 Å². The Bertz CT molecular complexity index is 592. The van der Waals surface area contributed by atoms with Gasteiger partial charge in [0.05, 0.1) is 12.8 Å². The van der Waals surface area contributed by atoms with Crippen molar-refractivity contribution in [3.05, 3.63) is 53.6 Å². The van der Waals surface area contributed by atoms with Gasteiger partial charge in [0.2, 0.25) is 0 Å². The number of nitrogens with two attached hydrogens (primary N) is 1. The smallest absolute Gasteiger partial charge is 0.255 e. The van der Waals surface area contributed by atoms with Crippen LogP contribution in [0.3, 0.4) is 0 Å². The standard InChI is InChI=1S/C15H16N2O2/c1-10-3-5-11(6-4-10)15(18)17-13-9-12(16)7-8-14(13)19-2/h3-9H,16H2,1-2H3,(H,17,18). The lowest BCUT2D eigenvalue weighted by molar-refractivity contribution is 0.102. The van der Waals surface area contributed by atoms with Gasteiger partial charge in [-0.1, -0.05) is 17.7 Å². The molecule has 4 heteroatoms. The molecule has 2 rings (SSSR count). The molecule has 4 nitrogen and oxygen atoms in total. The van der Waals surface area contributed by atoms with Crippen LogP contribution in [0.15, 0.2) is 42.5 Å². The first-order chi connectivity index (χ1) is 9.10. The number of methoxy groups -OCH3 is 1. The zero-order chi connectivity index (χ0) is 13.8. The van der Waals surface area contributed by atoms with Gasteiger partial charge in [0.15, 0.2) is 0 Å². The van der Waals surface area contributed by atoms with E-state index in [1.54, 1.807) is 37.4 Å². The SMILES string of the molecule is COc1ccc(N)cc1NC(=O)c1ccc(C)cc1. The van der Waals surface area contributed by atoms with Crippen molar-refractivity contribution in [3.63, 3.8) is 0 Å². The number of ether oxygens (including phenoxy) is 1. The van der Waals surface area contributed by atoms with Gasteiger partial charge >= 0.3 is 0 Å². The van der Waals surface area contributed by atoms with E-state index in [4.69, 9.17) is 10.5 Å².